The minimum Gasteiger partial charge on any atom is -0.335 e. The number of likely N-dealkylation sites (tertiary alicyclic amines) is 1. The van der Waals surface area contributed by atoms with E-state index in [-0.39, 0.29) is 24.3 Å². The molecular formula is C25H26N2O3. The molecular weight excluding hydrogens is 376 g/mol. The number of piperidine rings is 1. The lowest BCUT2D eigenvalue weighted by Crippen LogP contribution is -2.49. The Morgan fingerprint density at radius 2 is 1.60 bits per heavy atom. The molecule has 0 spiro atoms. The Balaban J connectivity index is 1.39. The fourth-order valence-electron chi connectivity index (χ4n) is 5.38. The first-order valence-electron chi connectivity index (χ1n) is 11.0. The third kappa shape index (κ3) is 3.22. The summed E-state index contributed by atoms with van der Waals surface area (Å²) < 4.78 is 0. The second-order valence-corrected chi connectivity index (χ2v) is 8.70. The number of rotatable bonds is 3. The molecule has 154 valence electrons. The zero-order valence-electron chi connectivity index (χ0n) is 17.0. The fourth-order valence-corrected chi connectivity index (χ4v) is 5.38. The lowest BCUT2D eigenvalue weighted by Gasteiger charge is -2.44. The summed E-state index contributed by atoms with van der Waals surface area (Å²) in [6, 6.07) is 14.8. The number of hydrogen-bond acceptors (Lipinski definition) is 3. The van der Waals surface area contributed by atoms with Crippen LogP contribution in [0.15, 0.2) is 48.5 Å². The molecule has 1 aliphatic carbocycles. The Labute approximate surface area is 176 Å². The van der Waals surface area contributed by atoms with Gasteiger partial charge in [0.25, 0.3) is 17.7 Å². The summed E-state index contributed by atoms with van der Waals surface area (Å²) in [4.78, 5) is 42.4. The van der Waals surface area contributed by atoms with Crippen LogP contribution in [-0.2, 0) is 6.54 Å². The Hall–Kier alpha value is -2.95. The summed E-state index contributed by atoms with van der Waals surface area (Å²) in [5.74, 6) is -0.00234. The van der Waals surface area contributed by atoms with Crippen LogP contribution in [0.2, 0.25) is 0 Å². The molecule has 0 N–H and O–H groups in total. The number of nitrogens with zero attached hydrogens (tertiary/aromatic N) is 2. The molecule has 2 unspecified atom stereocenters. The predicted molar refractivity (Wildman–Crippen MR) is 113 cm³/mol. The molecule has 30 heavy (non-hydrogen) atoms. The summed E-state index contributed by atoms with van der Waals surface area (Å²) in [5, 5.41) is 0. The average molecular weight is 402 g/mol. The molecule has 0 aromatic heterocycles. The van der Waals surface area contributed by atoms with Crippen molar-refractivity contribution in [1.29, 1.82) is 0 Å². The summed E-state index contributed by atoms with van der Waals surface area (Å²) in [7, 11) is 0. The third-order valence-corrected chi connectivity index (χ3v) is 6.91. The maximum absolute atomic E-state index is 13.3. The molecule has 2 aromatic carbocycles. The van der Waals surface area contributed by atoms with Crippen LogP contribution in [0.5, 0.6) is 0 Å². The van der Waals surface area contributed by atoms with Gasteiger partial charge in [0.15, 0.2) is 0 Å². The maximum atomic E-state index is 13.3. The van der Waals surface area contributed by atoms with E-state index < -0.39 is 0 Å². The molecule has 2 heterocycles. The van der Waals surface area contributed by atoms with Crippen LogP contribution in [0.3, 0.4) is 0 Å². The Morgan fingerprint density at radius 3 is 2.43 bits per heavy atom. The topological polar surface area (TPSA) is 57.7 Å². The molecule has 5 heteroatoms. The van der Waals surface area contributed by atoms with E-state index in [2.05, 4.69) is 0 Å². The van der Waals surface area contributed by atoms with Gasteiger partial charge in [-0.25, -0.2) is 0 Å². The van der Waals surface area contributed by atoms with Crippen LogP contribution in [0, 0.1) is 5.92 Å². The van der Waals surface area contributed by atoms with Crippen molar-refractivity contribution in [2.24, 2.45) is 5.92 Å². The maximum Gasteiger partial charge on any atom is 0.261 e. The van der Waals surface area contributed by atoms with Crippen molar-refractivity contribution < 1.29 is 14.4 Å². The zero-order valence-corrected chi connectivity index (χ0v) is 17.0. The van der Waals surface area contributed by atoms with Crippen molar-refractivity contribution in [3.8, 4) is 0 Å². The van der Waals surface area contributed by atoms with Gasteiger partial charge < -0.3 is 4.90 Å². The number of imide groups is 1. The van der Waals surface area contributed by atoms with Gasteiger partial charge in [0.1, 0.15) is 0 Å². The molecule has 0 bridgehead atoms. The van der Waals surface area contributed by atoms with Gasteiger partial charge in [0.05, 0.1) is 17.7 Å². The highest BCUT2D eigenvalue weighted by atomic mass is 16.2. The monoisotopic (exact) mass is 402 g/mol. The highest BCUT2D eigenvalue weighted by molar-refractivity contribution is 6.22. The van der Waals surface area contributed by atoms with E-state index in [1.807, 2.05) is 35.2 Å². The van der Waals surface area contributed by atoms with Gasteiger partial charge in [-0.1, -0.05) is 43.2 Å². The fraction of sp³-hybridized carbons (Fsp3) is 0.400. The summed E-state index contributed by atoms with van der Waals surface area (Å²) in [5.41, 5.74) is 2.16. The molecule has 3 aliphatic rings. The van der Waals surface area contributed by atoms with Crippen LogP contribution in [0.4, 0.5) is 0 Å². The van der Waals surface area contributed by atoms with Crippen molar-refractivity contribution >= 4 is 17.7 Å². The van der Waals surface area contributed by atoms with E-state index in [1.165, 1.54) is 30.6 Å². The third-order valence-electron chi connectivity index (χ3n) is 6.91. The van der Waals surface area contributed by atoms with Crippen LogP contribution in [0.1, 0.15) is 75.2 Å². The minimum atomic E-state index is -0.317. The van der Waals surface area contributed by atoms with E-state index in [9.17, 15) is 14.4 Å². The lowest BCUT2D eigenvalue weighted by atomic mass is 9.78. The van der Waals surface area contributed by atoms with Crippen molar-refractivity contribution in [3.05, 3.63) is 70.8 Å². The van der Waals surface area contributed by atoms with Crippen molar-refractivity contribution in [1.82, 2.24) is 9.80 Å². The van der Waals surface area contributed by atoms with E-state index in [0.29, 0.717) is 28.7 Å². The molecule has 3 amide bonds. The standard InChI is InChI=1S/C25H26N2O3/c28-23(26-14-6-10-18-9-4-5-11-22(18)26)19-12-13-20-21(15-19)25(30)27(24(20)29)16-17-7-2-1-3-8-17/h1-3,7-8,12-13,15,18,22H,4-6,9-11,14,16H2. The van der Waals surface area contributed by atoms with Crippen molar-refractivity contribution in [2.45, 2.75) is 51.1 Å². The number of carbonyl (C=O) groups excluding carboxylic acids is 3. The quantitative estimate of drug-likeness (QED) is 0.720. The smallest absolute Gasteiger partial charge is 0.261 e. The van der Waals surface area contributed by atoms with Crippen molar-refractivity contribution in [2.75, 3.05) is 6.54 Å². The van der Waals surface area contributed by atoms with Gasteiger partial charge in [0.2, 0.25) is 0 Å². The van der Waals surface area contributed by atoms with Crippen LogP contribution < -0.4 is 0 Å². The van der Waals surface area contributed by atoms with Gasteiger partial charge >= 0.3 is 0 Å². The van der Waals surface area contributed by atoms with E-state index >= 15 is 0 Å². The largest absolute Gasteiger partial charge is 0.335 e. The van der Waals surface area contributed by atoms with E-state index in [0.717, 1.165) is 24.9 Å². The van der Waals surface area contributed by atoms with Crippen molar-refractivity contribution in [3.63, 3.8) is 0 Å². The lowest BCUT2D eigenvalue weighted by molar-refractivity contribution is 0.0390. The summed E-state index contributed by atoms with van der Waals surface area (Å²) in [6.45, 7) is 1.02. The van der Waals surface area contributed by atoms with E-state index in [4.69, 9.17) is 0 Å². The SMILES string of the molecule is O=C1c2ccc(C(=O)N3CCCC4CCCCC43)cc2C(=O)N1Cc1ccccc1. The zero-order chi connectivity index (χ0) is 20.7. The van der Waals surface area contributed by atoms with Gasteiger partial charge in [-0.2, -0.15) is 0 Å². The minimum absolute atomic E-state index is 0.00356. The first kappa shape index (κ1) is 19.0. The number of carbonyl (C=O) groups is 3. The molecule has 2 atom stereocenters. The number of amides is 3. The predicted octanol–water partition coefficient (Wildman–Crippen LogP) is 4.28. The molecule has 2 aromatic rings. The number of hydrogen-bond donors (Lipinski definition) is 0. The van der Waals surface area contributed by atoms with Gasteiger partial charge in [0, 0.05) is 18.2 Å². The molecule has 2 fully saturated rings. The summed E-state index contributed by atoms with van der Waals surface area (Å²) >= 11 is 0. The van der Waals surface area contributed by atoms with Crippen LogP contribution >= 0.6 is 0 Å². The van der Waals surface area contributed by atoms with Crippen LogP contribution in [-0.4, -0.2) is 40.1 Å². The second kappa shape index (κ2) is 7.71. The van der Waals surface area contributed by atoms with Gasteiger partial charge in [-0.3, -0.25) is 19.3 Å². The Bertz CT molecular complexity index is 999. The molecule has 5 rings (SSSR count). The summed E-state index contributed by atoms with van der Waals surface area (Å²) in [6.07, 6.45) is 6.97. The molecule has 0 radical (unpaired) electrons. The molecule has 5 nitrogen and oxygen atoms in total. The number of benzene rings is 2. The molecule has 1 saturated carbocycles. The normalized spacial score (nSPS) is 23.3. The Kier molecular flexibility index (Phi) is 4.89. The van der Waals surface area contributed by atoms with E-state index in [1.54, 1.807) is 18.2 Å². The van der Waals surface area contributed by atoms with Gasteiger partial charge in [-0.05, 0) is 55.4 Å². The Morgan fingerprint density at radius 1 is 0.867 bits per heavy atom. The van der Waals surface area contributed by atoms with Gasteiger partial charge in [-0.15, -0.1) is 0 Å². The molecule has 2 aliphatic heterocycles. The second-order valence-electron chi connectivity index (χ2n) is 8.70. The number of fused-ring (bicyclic) bond motifs is 2. The highest BCUT2D eigenvalue weighted by Crippen LogP contribution is 2.36. The average Bonchev–Trinajstić information content (AvgIpc) is 3.03. The van der Waals surface area contributed by atoms with Crippen LogP contribution in [0.25, 0.3) is 0 Å². The molecule has 1 saturated heterocycles. The first-order chi connectivity index (χ1) is 14.6. The highest BCUT2D eigenvalue weighted by Gasteiger charge is 2.38. The first-order valence-corrected chi connectivity index (χ1v) is 11.0.